The van der Waals surface area contributed by atoms with Gasteiger partial charge in [-0.05, 0) is 12.0 Å². The number of carbonyl (C=O) groups excluding carboxylic acids is 1. The third kappa shape index (κ3) is 1.79. The molecule has 0 amide bonds. The van der Waals surface area contributed by atoms with Crippen molar-refractivity contribution >= 4 is 17.4 Å². The minimum absolute atomic E-state index is 0.0784. The van der Waals surface area contributed by atoms with Gasteiger partial charge in [-0.15, -0.1) is 11.6 Å². The van der Waals surface area contributed by atoms with Gasteiger partial charge < -0.3 is 0 Å². The number of benzene rings is 1. The zero-order valence-corrected chi connectivity index (χ0v) is 9.74. The molecule has 2 atom stereocenters. The number of fused-ring (bicyclic) bond motifs is 1. The number of hydrogen-bond acceptors (Lipinski definition) is 3. The van der Waals surface area contributed by atoms with E-state index in [0.29, 0.717) is 12.0 Å². The highest BCUT2D eigenvalue weighted by molar-refractivity contribution is 6.22. The van der Waals surface area contributed by atoms with E-state index in [1.54, 1.807) is 12.1 Å². The number of alkyl halides is 1. The van der Waals surface area contributed by atoms with Crippen LogP contribution in [0.1, 0.15) is 22.3 Å². The summed E-state index contributed by atoms with van der Waals surface area (Å²) in [7, 11) is 0. The van der Waals surface area contributed by atoms with Gasteiger partial charge in [-0.25, -0.2) is 0 Å². The topological polar surface area (TPSA) is 64.7 Å². The molecule has 0 saturated heterocycles. The molecule has 0 N–H and O–H groups in total. The summed E-state index contributed by atoms with van der Waals surface area (Å²) in [6.45, 7) is 0. The number of nitriles is 2. The average molecular weight is 245 g/mol. The van der Waals surface area contributed by atoms with Crippen LogP contribution in [-0.4, -0.2) is 11.2 Å². The molecule has 4 heteroatoms. The van der Waals surface area contributed by atoms with E-state index in [1.165, 1.54) is 0 Å². The van der Waals surface area contributed by atoms with Crippen LogP contribution in [0.3, 0.4) is 0 Å². The molecule has 0 aromatic heterocycles. The second-order valence-electron chi connectivity index (χ2n) is 4.16. The monoisotopic (exact) mass is 244 g/mol. The highest BCUT2D eigenvalue weighted by Crippen LogP contribution is 2.40. The molecule has 0 aliphatic heterocycles. The van der Waals surface area contributed by atoms with E-state index >= 15 is 0 Å². The molecule has 0 fully saturated rings. The zero-order valence-electron chi connectivity index (χ0n) is 8.98. The van der Waals surface area contributed by atoms with Gasteiger partial charge in [0.05, 0.1) is 12.1 Å². The highest BCUT2D eigenvalue weighted by atomic mass is 35.5. The Labute approximate surface area is 104 Å². The second-order valence-corrected chi connectivity index (χ2v) is 4.68. The summed E-state index contributed by atoms with van der Waals surface area (Å²) in [6.07, 6.45) is 0.429. The number of rotatable bonds is 2. The van der Waals surface area contributed by atoms with E-state index < -0.39 is 10.8 Å². The minimum Gasteiger partial charge on any atom is -0.292 e. The van der Waals surface area contributed by atoms with Gasteiger partial charge in [-0.2, -0.15) is 10.5 Å². The summed E-state index contributed by atoms with van der Waals surface area (Å²) in [4.78, 5) is 12.2. The first kappa shape index (κ1) is 11.6. The molecule has 84 valence electrons. The molecule has 0 heterocycles. The van der Waals surface area contributed by atoms with Crippen LogP contribution in [0.25, 0.3) is 0 Å². The first-order valence-electron chi connectivity index (χ1n) is 5.20. The summed E-state index contributed by atoms with van der Waals surface area (Å²) in [5.41, 5.74) is 0.281. The Morgan fingerprint density at radius 2 is 2.12 bits per heavy atom. The summed E-state index contributed by atoms with van der Waals surface area (Å²) in [5, 5.41) is 17.2. The predicted octanol–water partition coefficient (Wildman–Crippen LogP) is 2.46. The first-order chi connectivity index (χ1) is 8.13. The fraction of sp³-hybridized carbons (Fsp3) is 0.308. The fourth-order valence-electron chi connectivity index (χ4n) is 2.21. The van der Waals surface area contributed by atoms with Crippen molar-refractivity contribution in [3.05, 3.63) is 35.4 Å². The largest absolute Gasteiger partial charge is 0.292 e. The Balaban J connectivity index is 2.40. The molecule has 0 bridgehead atoms. The van der Waals surface area contributed by atoms with E-state index in [2.05, 4.69) is 6.07 Å². The van der Waals surface area contributed by atoms with Crippen molar-refractivity contribution in [2.75, 3.05) is 0 Å². The van der Waals surface area contributed by atoms with Gasteiger partial charge in [0.15, 0.2) is 5.78 Å². The van der Waals surface area contributed by atoms with E-state index in [1.807, 2.05) is 18.2 Å². The summed E-state index contributed by atoms with van der Waals surface area (Å²) >= 11 is 5.76. The van der Waals surface area contributed by atoms with Gasteiger partial charge in [-0.1, -0.05) is 24.3 Å². The number of nitrogens with zero attached hydrogens (tertiary/aromatic N) is 2. The maximum absolute atomic E-state index is 12.2. The van der Waals surface area contributed by atoms with E-state index in [-0.39, 0.29) is 12.2 Å². The Hall–Kier alpha value is -1.84. The number of ketones is 1. The highest BCUT2D eigenvalue weighted by Gasteiger charge is 2.46. The summed E-state index contributed by atoms with van der Waals surface area (Å²) in [6, 6.07) is 11.1. The van der Waals surface area contributed by atoms with Crippen molar-refractivity contribution in [2.45, 2.75) is 18.2 Å². The molecule has 0 saturated carbocycles. The van der Waals surface area contributed by atoms with Crippen molar-refractivity contribution < 1.29 is 4.79 Å². The quantitative estimate of drug-likeness (QED) is 0.751. The normalized spacial score (nSPS) is 23.6. The van der Waals surface area contributed by atoms with Crippen LogP contribution in [0.15, 0.2) is 24.3 Å². The van der Waals surface area contributed by atoms with Gasteiger partial charge in [0, 0.05) is 12.0 Å². The number of Topliss-reactive ketones (excluding diaryl/α,β-unsaturated/α-hetero) is 1. The first-order valence-corrected chi connectivity index (χ1v) is 5.64. The third-order valence-electron chi connectivity index (χ3n) is 3.07. The van der Waals surface area contributed by atoms with E-state index in [4.69, 9.17) is 16.9 Å². The third-order valence-corrected chi connectivity index (χ3v) is 3.32. The Kier molecular flexibility index (Phi) is 2.88. The van der Waals surface area contributed by atoms with Gasteiger partial charge >= 0.3 is 0 Å². The molecule has 1 aromatic carbocycles. The molecular weight excluding hydrogens is 236 g/mol. The van der Waals surface area contributed by atoms with Crippen molar-refractivity contribution in [3.8, 4) is 12.1 Å². The van der Waals surface area contributed by atoms with Crippen LogP contribution >= 0.6 is 11.6 Å². The molecule has 17 heavy (non-hydrogen) atoms. The molecule has 0 unspecified atom stereocenters. The van der Waals surface area contributed by atoms with Gasteiger partial charge in [0.25, 0.3) is 0 Å². The lowest BCUT2D eigenvalue weighted by Gasteiger charge is -2.18. The minimum atomic E-state index is -1.16. The SMILES string of the molecule is N#C[C@@H](Cl)C[C@@]1(C#N)Cc2ccccc2C1=O. The molecule has 0 spiro atoms. The van der Waals surface area contributed by atoms with Crippen LogP contribution in [0.5, 0.6) is 0 Å². The van der Waals surface area contributed by atoms with Crippen LogP contribution in [0, 0.1) is 28.1 Å². The smallest absolute Gasteiger partial charge is 0.183 e. The van der Waals surface area contributed by atoms with Crippen LogP contribution in [0.4, 0.5) is 0 Å². The van der Waals surface area contributed by atoms with E-state index in [9.17, 15) is 10.1 Å². The van der Waals surface area contributed by atoms with Crippen molar-refractivity contribution in [1.82, 2.24) is 0 Å². The summed E-state index contributed by atoms with van der Waals surface area (Å²) < 4.78 is 0. The molecular formula is C13H9ClN2O. The predicted molar refractivity (Wildman–Crippen MR) is 62.4 cm³/mol. The Morgan fingerprint density at radius 3 is 2.71 bits per heavy atom. The van der Waals surface area contributed by atoms with E-state index in [0.717, 1.165) is 5.56 Å². The van der Waals surface area contributed by atoms with Crippen LogP contribution < -0.4 is 0 Å². The van der Waals surface area contributed by atoms with Crippen molar-refractivity contribution in [3.63, 3.8) is 0 Å². The molecule has 0 radical (unpaired) electrons. The standard InChI is InChI=1S/C13H9ClN2O/c14-10(7-15)6-13(8-16)5-9-3-1-2-4-11(9)12(13)17/h1-4,10H,5-6H2/t10-,13+/m0/s1. The lowest BCUT2D eigenvalue weighted by atomic mass is 9.81. The van der Waals surface area contributed by atoms with Crippen LogP contribution in [-0.2, 0) is 6.42 Å². The zero-order chi connectivity index (χ0) is 12.5. The Morgan fingerprint density at radius 1 is 1.41 bits per heavy atom. The maximum Gasteiger partial charge on any atom is 0.183 e. The number of carbonyl (C=O) groups is 1. The maximum atomic E-state index is 12.2. The molecule has 2 rings (SSSR count). The fourth-order valence-corrected chi connectivity index (χ4v) is 2.47. The molecule has 1 aliphatic rings. The molecule has 1 aromatic rings. The Bertz CT molecular complexity index is 555. The molecule has 3 nitrogen and oxygen atoms in total. The average Bonchev–Trinajstić information content (AvgIpc) is 2.64. The van der Waals surface area contributed by atoms with Gasteiger partial charge in [0.2, 0.25) is 0 Å². The van der Waals surface area contributed by atoms with Crippen molar-refractivity contribution in [1.29, 1.82) is 10.5 Å². The van der Waals surface area contributed by atoms with Gasteiger partial charge in [-0.3, -0.25) is 4.79 Å². The lowest BCUT2D eigenvalue weighted by molar-refractivity contribution is 0.0875. The van der Waals surface area contributed by atoms with Gasteiger partial charge in [0.1, 0.15) is 10.8 Å². The number of halogens is 1. The number of hydrogen-bond donors (Lipinski definition) is 0. The second kappa shape index (κ2) is 4.20. The molecule has 1 aliphatic carbocycles. The van der Waals surface area contributed by atoms with Crippen molar-refractivity contribution in [2.24, 2.45) is 5.41 Å². The summed E-state index contributed by atoms with van der Waals surface area (Å²) in [5.74, 6) is -0.212. The lowest BCUT2D eigenvalue weighted by Crippen LogP contribution is -2.29. The van der Waals surface area contributed by atoms with Crippen LogP contribution in [0.2, 0.25) is 0 Å².